The predicted molar refractivity (Wildman–Crippen MR) is 313 cm³/mol. The smallest absolute Gasteiger partial charge is 0.355 e. The lowest BCUT2D eigenvalue weighted by Crippen LogP contribution is -2.55. The average Bonchev–Trinajstić information content (AvgIpc) is 2.79. The summed E-state index contributed by atoms with van der Waals surface area (Å²) in [5.74, 6) is -1.43. The van der Waals surface area contributed by atoms with Gasteiger partial charge in [0, 0.05) is 75.1 Å². The van der Waals surface area contributed by atoms with Crippen molar-refractivity contribution in [2.24, 2.45) is 0 Å². The Labute approximate surface area is 476 Å². The van der Waals surface area contributed by atoms with Crippen LogP contribution in [0.25, 0.3) is 28.0 Å². The molecule has 0 bridgehead atoms. The minimum absolute atomic E-state index is 0.0149. The minimum atomic E-state index is -0.920. The number of likely N-dealkylation sites (tertiary alicyclic amines) is 1. The average molecular weight is 1120 g/mol. The van der Waals surface area contributed by atoms with Crippen molar-refractivity contribution in [1.82, 2.24) is 44.6 Å². The van der Waals surface area contributed by atoms with Crippen LogP contribution in [-0.4, -0.2) is 153 Å². The molecule has 1 aliphatic carbocycles. The van der Waals surface area contributed by atoms with Gasteiger partial charge >= 0.3 is 5.69 Å². The first-order valence-electron chi connectivity index (χ1n) is 28.5. The van der Waals surface area contributed by atoms with Gasteiger partial charge in [0.15, 0.2) is 23.1 Å². The first-order valence-corrected chi connectivity index (χ1v) is 28.5. The zero-order valence-electron chi connectivity index (χ0n) is 48.1. The molecular formula is C61H73F2N13O6. The molecule has 2 amide bonds. The molecule has 82 heavy (non-hydrogen) atoms. The van der Waals surface area contributed by atoms with Crippen molar-refractivity contribution < 1.29 is 33.0 Å². The van der Waals surface area contributed by atoms with Gasteiger partial charge in [-0.1, -0.05) is 46.3 Å². The fourth-order valence-electron chi connectivity index (χ4n) is 12.2. The lowest BCUT2D eigenvalue weighted by Gasteiger charge is -2.43. The summed E-state index contributed by atoms with van der Waals surface area (Å²) in [5.41, 5.74) is 1.92. The third kappa shape index (κ3) is 11.1. The zero-order chi connectivity index (χ0) is 58.3. The van der Waals surface area contributed by atoms with Crippen LogP contribution in [0.1, 0.15) is 107 Å². The third-order valence-corrected chi connectivity index (χ3v) is 16.8. The second-order valence-electron chi connectivity index (χ2n) is 22.6. The Kier molecular flexibility index (Phi) is 16.7. The Balaban J connectivity index is 0.917. The van der Waals surface area contributed by atoms with E-state index in [-0.39, 0.29) is 83.0 Å². The fourth-order valence-corrected chi connectivity index (χ4v) is 12.2. The predicted octanol–water partition coefficient (Wildman–Crippen LogP) is 8.25. The molecular weight excluding hydrogens is 1050 g/mol. The van der Waals surface area contributed by atoms with Gasteiger partial charge < -0.3 is 39.7 Å². The van der Waals surface area contributed by atoms with Crippen LogP contribution in [0.4, 0.5) is 37.7 Å². The Bertz CT molecular complexity index is 3490. The number of piperidine rings is 1. The summed E-state index contributed by atoms with van der Waals surface area (Å²) in [7, 11) is 5.35. The molecule has 19 nitrogen and oxygen atoms in total. The van der Waals surface area contributed by atoms with E-state index in [0.717, 1.165) is 57.7 Å². The molecule has 0 spiro atoms. The van der Waals surface area contributed by atoms with Gasteiger partial charge in [-0.3, -0.25) is 24.3 Å². The Morgan fingerprint density at radius 3 is 2.39 bits per heavy atom. The number of aryl methyl sites for hydroxylation is 1. The number of carbonyl (C=O) groups is 3. The zero-order valence-corrected chi connectivity index (χ0v) is 48.1. The lowest BCUT2D eigenvalue weighted by atomic mass is 10.0. The van der Waals surface area contributed by atoms with Gasteiger partial charge in [-0.05, 0) is 120 Å². The maximum absolute atomic E-state index is 16.5. The number of nitrogens with one attached hydrogen (secondary N) is 1. The Morgan fingerprint density at radius 1 is 0.939 bits per heavy atom. The maximum atomic E-state index is 16.5. The van der Waals surface area contributed by atoms with Crippen molar-refractivity contribution in [3.63, 3.8) is 0 Å². The van der Waals surface area contributed by atoms with E-state index in [2.05, 4.69) is 48.6 Å². The van der Waals surface area contributed by atoms with E-state index in [1.807, 2.05) is 39.5 Å². The number of anilines is 5. The molecule has 3 fully saturated rings. The number of ether oxygens (including phenoxy) is 1. The minimum Gasteiger partial charge on any atom is -0.507 e. The highest BCUT2D eigenvalue weighted by Gasteiger charge is 2.42. The molecule has 4 aliphatic rings. The number of piperazine rings is 1. The number of halogens is 2. The SMILES string of the molecule is C=C(CN(c1ncc2c(n1)N(C1CCCC1)[C@H](CC)C(=O)N2C)c1ccc(C(=O)NC2CCN(C)CC2)cc1OC)C(=O)CCN1CCN(c2nc(=O)n(-c3c(C)ccnc3C(C)C)c3nc(-c4c(O)cccc4F)c(F)cc23)[C@@H](C)C1. The van der Waals surface area contributed by atoms with Crippen LogP contribution in [0.3, 0.4) is 0 Å². The Hall–Kier alpha value is -7.91. The number of aromatic hydroxyl groups is 1. The van der Waals surface area contributed by atoms with Gasteiger partial charge in [0.05, 0.1) is 47.9 Å². The van der Waals surface area contributed by atoms with Crippen molar-refractivity contribution in [3.05, 3.63) is 112 Å². The second kappa shape index (κ2) is 23.9. The van der Waals surface area contributed by atoms with Gasteiger partial charge in [-0.15, -0.1) is 0 Å². The summed E-state index contributed by atoms with van der Waals surface area (Å²) >= 11 is 0. The molecule has 2 aromatic carbocycles. The van der Waals surface area contributed by atoms with Crippen LogP contribution in [-0.2, 0) is 9.59 Å². The third-order valence-electron chi connectivity index (χ3n) is 16.8. The van der Waals surface area contributed by atoms with Crippen LogP contribution in [0, 0.1) is 18.6 Å². The Morgan fingerprint density at radius 2 is 1.70 bits per heavy atom. The number of pyridine rings is 2. The molecule has 2 atom stereocenters. The number of ketones is 1. The number of benzene rings is 2. The van der Waals surface area contributed by atoms with E-state index in [9.17, 15) is 24.3 Å². The van der Waals surface area contributed by atoms with Crippen molar-refractivity contribution in [2.75, 3.05) is 86.6 Å². The van der Waals surface area contributed by atoms with Crippen molar-refractivity contribution in [3.8, 4) is 28.4 Å². The van der Waals surface area contributed by atoms with Gasteiger partial charge in [0.25, 0.3) is 5.91 Å². The standard InChI is InChI=1S/C61H73F2N13O6/c1-10-45-59(80)71(8)47-32-65-60(68-57(47)75(45)41-14-11-12-15-41)74(46-19-18-39(30-50(46)82-9)58(79)66-40-21-25-70(7)26-22-40)33-37(5)48(77)23-27-72-28-29-73(38(6)34-72)55-42-31-44(63)53(51-43(62)16-13-17-49(51)78)67-56(42)76(61(81)69-55)54-36(4)20-24-64-52(54)35(2)3/h13,16-20,24,30-32,35,38,40-41,45,78H,5,10-12,14-15,21-23,25-29,33-34H2,1-4,6-9H3,(H,66,79)/t38-,45+/m0/s1. The van der Waals surface area contributed by atoms with Gasteiger partial charge in [0.1, 0.15) is 40.6 Å². The number of likely N-dealkylation sites (N-methyl/N-ethyl adjacent to an activating group) is 1. The number of hydrogen-bond donors (Lipinski definition) is 2. The number of aromatic nitrogens is 6. The van der Waals surface area contributed by atoms with Crippen molar-refractivity contribution in [1.29, 1.82) is 0 Å². The first kappa shape index (κ1) is 57.3. The van der Waals surface area contributed by atoms with Gasteiger partial charge in [-0.2, -0.15) is 9.97 Å². The molecule has 432 valence electrons. The number of hydrogen-bond acceptors (Lipinski definition) is 16. The monoisotopic (exact) mass is 1120 g/mol. The van der Waals surface area contributed by atoms with E-state index in [0.29, 0.717) is 78.1 Å². The van der Waals surface area contributed by atoms with Crippen LogP contribution in [0.5, 0.6) is 11.5 Å². The van der Waals surface area contributed by atoms with E-state index in [1.165, 1.54) is 29.9 Å². The summed E-state index contributed by atoms with van der Waals surface area (Å²) in [6.45, 7) is 17.4. The number of phenols is 1. The molecule has 3 aliphatic heterocycles. The summed E-state index contributed by atoms with van der Waals surface area (Å²) in [5, 5.41) is 14.2. The molecule has 6 aromatic rings. The van der Waals surface area contributed by atoms with Crippen molar-refractivity contribution >= 4 is 57.6 Å². The number of carbonyl (C=O) groups excluding carboxylic acids is 3. The van der Waals surface area contributed by atoms with E-state index < -0.39 is 40.4 Å². The summed E-state index contributed by atoms with van der Waals surface area (Å²) in [6.07, 6.45) is 9.66. The lowest BCUT2D eigenvalue weighted by molar-refractivity contribution is -0.120. The van der Waals surface area contributed by atoms with E-state index >= 15 is 8.78 Å². The van der Waals surface area contributed by atoms with Crippen LogP contribution >= 0.6 is 0 Å². The first-order chi connectivity index (χ1) is 39.4. The molecule has 2 N–H and O–H groups in total. The normalized spacial score (nSPS) is 18.4. The molecule has 1 saturated carbocycles. The number of fused-ring (bicyclic) bond motifs is 2. The van der Waals surface area contributed by atoms with Crippen LogP contribution < -0.4 is 35.3 Å². The molecule has 0 unspecified atom stereocenters. The number of phenolic OH excluding ortho intramolecular Hbond substituents is 1. The van der Waals surface area contributed by atoms with E-state index in [4.69, 9.17) is 14.7 Å². The van der Waals surface area contributed by atoms with Gasteiger partial charge in [-0.25, -0.2) is 28.1 Å². The highest BCUT2D eigenvalue weighted by molar-refractivity contribution is 6.05. The van der Waals surface area contributed by atoms with Crippen LogP contribution in [0.15, 0.2) is 77.9 Å². The van der Waals surface area contributed by atoms with Gasteiger partial charge in [0.2, 0.25) is 11.9 Å². The fraction of sp³-hybridized carbons (Fsp3) is 0.459. The maximum Gasteiger partial charge on any atom is 0.355 e. The largest absolute Gasteiger partial charge is 0.507 e. The molecule has 21 heteroatoms. The molecule has 10 rings (SSSR count). The summed E-state index contributed by atoms with van der Waals surface area (Å²) in [4.78, 5) is 92.3. The van der Waals surface area contributed by atoms with Crippen LogP contribution in [0.2, 0.25) is 0 Å². The highest BCUT2D eigenvalue weighted by atomic mass is 19.1. The van der Waals surface area contributed by atoms with Crippen molar-refractivity contribution in [2.45, 2.75) is 116 Å². The number of amides is 2. The molecule has 4 aromatic heterocycles. The highest BCUT2D eigenvalue weighted by Crippen LogP contribution is 2.43. The second-order valence-corrected chi connectivity index (χ2v) is 22.6. The number of rotatable bonds is 17. The topological polar surface area (TPSA) is 199 Å². The molecule has 2 saturated heterocycles. The summed E-state index contributed by atoms with van der Waals surface area (Å²) < 4.78 is 39.2. The number of nitrogens with zero attached hydrogens (tertiary/aromatic N) is 12. The number of methoxy groups -OCH3 is 1. The van der Waals surface area contributed by atoms with E-state index in [1.54, 1.807) is 53.5 Å². The molecule has 7 heterocycles. The summed E-state index contributed by atoms with van der Waals surface area (Å²) in [6, 6.07) is 11.3. The number of Topliss-reactive ketones (excluding diaryl/α,β-unsaturated/α-hetero) is 1. The quantitative estimate of drug-likeness (QED) is 0.0827. The molecule has 0 radical (unpaired) electrons.